The minimum Gasteiger partial charge on any atom is -1.00 e. The van der Waals surface area contributed by atoms with Crippen LogP contribution in [0.15, 0.2) is 12.7 Å². The number of carboxylic acids is 1. The van der Waals surface area contributed by atoms with Gasteiger partial charge >= 0.3 is 35.5 Å². The molecule has 0 atom stereocenters. The zero-order chi connectivity index (χ0) is 9.78. The number of rotatable bonds is 4. The van der Waals surface area contributed by atoms with Crippen molar-refractivity contribution in [2.24, 2.45) is 0 Å². The van der Waals surface area contributed by atoms with Crippen molar-refractivity contribution in [3.8, 4) is 0 Å². The molecule has 0 fully saturated rings. The van der Waals surface area contributed by atoms with Crippen LogP contribution in [-0.4, -0.2) is 22.5 Å². The largest absolute Gasteiger partial charge is 1.00 e. The van der Waals surface area contributed by atoms with Crippen LogP contribution in [0.5, 0.6) is 0 Å². The third-order valence-corrected chi connectivity index (χ3v) is 1.24. The van der Waals surface area contributed by atoms with E-state index in [2.05, 4.69) is 11.9 Å². The van der Waals surface area contributed by atoms with Crippen LogP contribution in [0.1, 0.15) is 21.7 Å². The number of nitrogens with one attached hydrogen (secondary N) is 1. The van der Waals surface area contributed by atoms with Crippen LogP contribution in [0.2, 0.25) is 0 Å². The Morgan fingerprint density at radius 1 is 1.62 bits per heavy atom. The van der Waals surface area contributed by atoms with Gasteiger partial charge in [-0.3, -0.25) is 9.59 Å². The zero-order valence-electron chi connectivity index (χ0n) is 9.26. The number of carboxylic acid groups (broad SMARTS) is 1. The average Bonchev–Trinajstić information content (AvgIpc) is 1.83. The summed E-state index contributed by atoms with van der Waals surface area (Å²) in [5.74, 6) is -1.30. The number of hydrogen-bond acceptors (Lipinski definition) is 2. The maximum absolute atomic E-state index is 10.8. The Morgan fingerprint density at radius 3 is 2.38 bits per heavy atom. The zero-order valence-corrected chi connectivity index (χ0v) is 10.3. The molecule has 2 N–H and O–H groups in total. The first-order valence-electron chi connectivity index (χ1n) is 3.54. The molecule has 0 unspecified atom stereocenters. The van der Waals surface area contributed by atoms with E-state index in [0.717, 1.165) is 6.08 Å². The molecule has 4 nitrogen and oxygen atoms in total. The van der Waals surface area contributed by atoms with E-state index in [1.54, 1.807) is 13.8 Å². The van der Waals surface area contributed by atoms with Crippen molar-refractivity contribution in [1.82, 2.24) is 5.32 Å². The van der Waals surface area contributed by atoms with Crippen LogP contribution >= 0.6 is 0 Å². The number of aliphatic carboxylic acids is 1. The molecule has 0 aromatic carbocycles. The van der Waals surface area contributed by atoms with Crippen LogP contribution < -0.4 is 34.9 Å². The van der Waals surface area contributed by atoms with Gasteiger partial charge in [-0.05, 0) is 19.9 Å². The van der Waals surface area contributed by atoms with Gasteiger partial charge in [-0.1, -0.05) is 6.58 Å². The normalized spacial score (nSPS) is 9.69. The van der Waals surface area contributed by atoms with Crippen molar-refractivity contribution < 1.29 is 45.7 Å². The molecule has 0 spiro atoms. The molecule has 70 valence electrons. The maximum Gasteiger partial charge on any atom is 1.00 e. The molecule has 0 aliphatic carbocycles. The third-order valence-electron chi connectivity index (χ3n) is 1.24. The monoisotopic (exact) mass is 195 g/mol. The van der Waals surface area contributed by atoms with Crippen molar-refractivity contribution in [2.45, 2.75) is 25.8 Å². The van der Waals surface area contributed by atoms with E-state index in [9.17, 15) is 9.59 Å². The summed E-state index contributed by atoms with van der Waals surface area (Å²) in [5.41, 5.74) is -0.725. The van der Waals surface area contributed by atoms with Gasteiger partial charge < -0.3 is 11.8 Å². The van der Waals surface area contributed by atoms with E-state index in [-0.39, 0.29) is 43.3 Å². The number of amides is 1. The van der Waals surface area contributed by atoms with Crippen LogP contribution in [0.3, 0.4) is 0 Å². The van der Waals surface area contributed by atoms with E-state index < -0.39 is 11.5 Å². The smallest absolute Gasteiger partial charge is 1.00 e. The quantitative estimate of drug-likeness (QED) is 0.390. The Labute approximate surface area is 101 Å². The standard InChI is InChI=1S/C8H13NO3.Na.H/c1-4-6(10)9-8(2,3)5-7(11)12;;/h4H,1,5H2,2-3H3,(H,9,10)(H,11,12);;/q;+1;-1. The van der Waals surface area contributed by atoms with Gasteiger partial charge in [-0.15, -0.1) is 0 Å². The summed E-state index contributed by atoms with van der Waals surface area (Å²) < 4.78 is 0. The van der Waals surface area contributed by atoms with E-state index in [4.69, 9.17) is 5.11 Å². The molecule has 0 radical (unpaired) electrons. The van der Waals surface area contributed by atoms with E-state index in [1.807, 2.05) is 0 Å². The molecule has 1 amide bonds. The van der Waals surface area contributed by atoms with E-state index in [0.29, 0.717) is 0 Å². The Morgan fingerprint density at radius 2 is 2.08 bits per heavy atom. The van der Waals surface area contributed by atoms with Crippen molar-refractivity contribution in [3.63, 3.8) is 0 Å². The van der Waals surface area contributed by atoms with E-state index >= 15 is 0 Å². The Bertz CT molecular complexity index is 219. The van der Waals surface area contributed by atoms with Gasteiger partial charge in [0.05, 0.1) is 6.42 Å². The molecular formula is C8H14NNaO3. The van der Waals surface area contributed by atoms with Crippen LogP contribution in [0, 0.1) is 0 Å². The number of hydrogen-bond donors (Lipinski definition) is 2. The molecule has 0 saturated carbocycles. The molecule has 0 aromatic heterocycles. The average molecular weight is 195 g/mol. The van der Waals surface area contributed by atoms with Crippen molar-refractivity contribution in [2.75, 3.05) is 0 Å². The summed E-state index contributed by atoms with van der Waals surface area (Å²) in [5, 5.41) is 11.0. The van der Waals surface area contributed by atoms with Gasteiger partial charge in [0.2, 0.25) is 5.91 Å². The van der Waals surface area contributed by atoms with Crippen molar-refractivity contribution in [1.29, 1.82) is 0 Å². The van der Waals surface area contributed by atoms with Gasteiger partial charge in [0.15, 0.2) is 0 Å². The molecule has 0 rings (SSSR count). The topological polar surface area (TPSA) is 66.4 Å². The first kappa shape index (κ1) is 15.2. The molecular weight excluding hydrogens is 181 g/mol. The fourth-order valence-corrected chi connectivity index (χ4v) is 0.807. The summed E-state index contributed by atoms with van der Waals surface area (Å²) in [6.07, 6.45) is 1.01. The summed E-state index contributed by atoms with van der Waals surface area (Å²) in [6, 6.07) is 0. The molecule has 0 aliphatic heterocycles. The van der Waals surface area contributed by atoms with Crippen LogP contribution in [0.4, 0.5) is 0 Å². The maximum atomic E-state index is 10.8. The third kappa shape index (κ3) is 8.02. The van der Waals surface area contributed by atoms with Gasteiger partial charge in [-0.2, -0.15) is 0 Å². The SMILES string of the molecule is C=CC(=O)NC(C)(C)CC(=O)O.[H-].[Na+]. The second-order valence-electron chi connectivity index (χ2n) is 3.15. The molecule has 0 saturated heterocycles. The van der Waals surface area contributed by atoms with Gasteiger partial charge in [0.25, 0.3) is 0 Å². The first-order valence-corrected chi connectivity index (χ1v) is 3.54. The molecule has 0 heterocycles. The summed E-state index contributed by atoms with van der Waals surface area (Å²) in [6.45, 7) is 6.55. The van der Waals surface area contributed by atoms with Crippen molar-refractivity contribution in [3.05, 3.63) is 12.7 Å². The Balaban J connectivity index is -0.000000605. The van der Waals surface area contributed by atoms with Gasteiger partial charge in [-0.25, -0.2) is 0 Å². The fraction of sp³-hybridized carbons (Fsp3) is 0.500. The van der Waals surface area contributed by atoms with Gasteiger partial charge in [0.1, 0.15) is 0 Å². The van der Waals surface area contributed by atoms with Crippen LogP contribution in [-0.2, 0) is 9.59 Å². The minimum absolute atomic E-state index is 0. The summed E-state index contributed by atoms with van der Waals surface area (Å²) in [4.78, 5) is 21.1. The summed E-state index contributed by atoms with van der Waals surface area (Å²) in [7, 11) is 0. The predicted molar refractivity (Wildman–Crippen MR) is 45.8 cm³/mol. The minimum atomic E-state index is -0.940. The van der Waals surface area contributed by atoms with Crippen molar-refractivity contribution >= 4 is 11.9 Å². The number of carbonyl (C=O) groups is 2. The fourth-order valence-electron chi connectivity index (χ4n) is 0.807. The molecule has 13 heavy (non-hydrogen) atoms. The summed E-state index contributed by atoms with van der Waals surface area (Å²) >= 11 is 0. The first-order chi connectivity index (χ1) is 5.37. The molecule has 0 aromatic rings. The molecule has 5 heteroatoms. The Kier molecular flexibility index (Phi) is 7.21. The molecule has 0 bridgehead atoms. The second-order valence-corrected chi connectivity index (χ2v) is 3.15. The predicted octanol–water partition coefficient (Wildman–Crippen LogP) is -2.34. The van der Waals surface area contributed by atoms with E-state index in [1.165, 1.54) is 0 Å². The van der Waals surface area contributed by atoms with Crippen LogP contribution in [0.25, 0.3) is 0 Å². The number of carbonyl (C=O) groups excluding carboxylic acids is 1. The Hall–Kier alpha value is -0.320. The molecule has 0 aliphatic rings. The van der Waals surface area contributed by atoms with Gasteiger partial charge in [0, 0.05) is 5.54 Å². The second kappa shape index (κ2) is 6.18.